The van der Waals surface area contributed by atoms with Gasteiger partial charge in [-0.3, -0.25) is 9.37 Å². The number of hydrogen-bond donors (Lipinski definition) is 0. The van der Waals surface area contributed by atoms with Crippen LogP contribution in [0.2, 0.25) is 0 Å². The van der Waals surface area contributed by atoms with Crippen LogP contribution in [0.25, 0.3) is 22.0 Å². The summed E-state index contributed by atoms with van der Waals surface area (Å²) < 4.78 is 13.3. The minimum absolute atomic E-state index is 0. The van der Waals surface area contributed by atoms with Gasteiger partial charge in [-0.1, -0.05) is 42.3 Å². The summed E-state index contributed by atoms with van der Waals surface area (Å²) >= 11 is 0. The molecule has 2 aromatic carbocycles. The first kappa shape index (κ1) is 13.9. The normalized spacial score (nSPS) is 10.2. The maximum atomic E-state index is 13.3. The number of aromatic nitrogens is 1. The van der Waals surface area contributed by atoms with E-state index in [4.69, 9.17) is 0 Å². The first-order valence-electron chi connectivity index (χ1n) is 5.77. The summed E-state index contributed by atoms with van der Waals surface area (Å²) in [5, 5.41) is 1.07. The van der Waals surface area contributed by atoms with Crippen molar-refractivity contribution in [2.24, 2.45) is 0 Å². The molecule has 0 saturated carbocycles. The summed E-state index contributed by atoms with van der Waals surface area (Å²) in [5.41, 5.74) is 3.40. The predicted molar refractivity (Wildman–Crippen MR) is 70.7 cm³/mol. The number of aryl methyl sites for hydroxylation is 1. The Kier molecular flexibility index (Phi) is 4.08. The Bertz CT molecular complexity index is 720. The van der Waals surface area contributed by atoms with Crippen molar-refractivity contribution in [2.75, 3.05) is 0 Å². The molecule has 97 valence electrons. The van der Waals surface area contributed by atoms with Gasteiger partial charge in [-0.05, 0) is 11.5 Å². The number of para-hydroxylation sites is 1. The van der Waals surface area contributed by atoms with E-state index in [1.165, 1.54) is 6.07 Å². The van der Waals surface area contributed by atoms with Crippen molar-refractivity contribution < 1.29 is 24.5 Å². The molecule has 0 aliphatic heterocycles. The molecule has 1 aromatic heterocycles. The Balaban J connectivity index is 0.00000133. The van der Waals surface area contributed by atoms with Gasteiger partial charge in [-0.15, -0.1) is 23.8 Å². The van der Waals surface area contributed by atoms with Gasteiger partial charge in [-0.2, -0.15) is 0 Å². The number of hydrogen-bond acceptors (Lipinski definition) is 1. The zero-order chi connectivity index (χ0) is 12.5. The first-order chi connectivity index (χ1) is 8.75. The standard InChI is InChI=1S/C16H11FN.Ir/c1-11-10-13(7-8-15(11)17)14-6-2-4-12-5-3-9-18-16(12)14;/h2-6,8-10H,1H3;/q-1;. The van der Waals surface area contributed by atoms with E-state index in [0.717, 1.165) is 22.0 Å². The summed E-state index contributed by atoms with van der Waals surface area (Å²) in [6, 6.07) is 16.1. The van der Waals surface area contributed by atoms with E-state index >= 15 is 0 Å². The van der Waals surface area contributed by atoms with Crippen LogP contribution in [0, 0.1) is 18.8 Å². The molecule has 1 nitrogen and oxygen atoms in total. The molecule has 19 heavy (non-hydrogen) atoms. The molecule has 0 spiro atoms. The van der Waals surface area contributed by atoms with Crippen molar-refractivity contribution >= 4 is 10.9 Å². The summed E-state index contributed by atoms with van der Waals surface area (Å²) in [5.74, 6) is -0.230. The van der Waals surface area contributed by atoms with Crippen molar-refractivity contribution in [1.29, 1.82) is 0 Å². The van der Waals surface area contributed by atoms with E-state index in [-0.39, 0.29) is 25.9 Å². The Labute approximate surface area is 124 Å². The Morgan fingerprint density at radius 1 is 1.16 bits per heavy atom. The van der Waals surface area contributed by atoms with E-state index in [1.807, 2.05) is 30.3 Å². The molecule has 0 saturated heterocycles. The summed E-state index contributed by atoms with van der Waals surface area (Å²) in [7, 11) is 0. The monoisotopic (exact) mass is 429 g/mol. The first-order valence-corrected chi connectivity index (χ1v) is 5.77. The average Bonchev–Trinajstić information content (AvgIpc) is 2.41. The van der Waals surface area contributed by atoms with E-state index < -0.39 is 0 Å². The maximum Gasteiger partial charge on any atom is 0.0408 e. The molecule has 0 aliphatic carbocycles. The summed E-state index contributed by atoms with van der Waals surface area (Å²) in [6.45, 7) is 1.76. The topological polar surface area (TPSA) is 12.9 Å². The number of benzene rings is 2. The molecule has 3 heteroatoms. The second-order valence-corrected chi connectivity index (χ2v) is 4.26. The molecular weight excluding hydrogens is 417 g/mol. The second kappa shape index (κ2) is 5.60. The smallest absolute Gasteiger partial charge is 0.0408 e. The maximum absolute atomic E-state index is 13.3. The fraction of sp³-hybridized carbons (Fsp3) is 0.0625. The average molecular weight is 428 g/mol. The van der Waals surface area contributed by atoms with Crippen LogP contribution in [-0.2, 0) is 20.1 Å². The van der Waals surface area contributed by atoms with Crippen LogP contribution >= 0.6 is 0 Å². The van der Waals surface area contributed by atoms with Crippen molar-refractivity contribution in [1.82, 2.24) is 4.98 Å². The van der Waals surface area contributed by atoms with E-state index in [9.17, 15) is 4.39 Å². The fourth-order valence-electron chi connectivity index (χ4n) is 2.06. The van der Waals surface area contributed by atoms with Gasteiger partial charge in [0, 0.05) is 37.6 Å². The van der Waals surface area contributed by atoms with Gasteiger partial charge in [0.25, 0.3) is 0 Å². The largest absolute Gasteiger partial charge is 0.266 e. The van der Waals surface area contributed by atoms with Crippen LogP contribution in [0.4, 0.5) is 4.39 Å². The zero-order valence-corrected chi connectivity index (χ0v) is 12.7. The third-order valence-corrected chi connectivity index (χ3v) is 3.01. The molecule has 0 fully saturated rings. The van der Waals surface area contributed by atoms with Crippen LogP contribution in [0.5, 0.6) is 0 Å². The van der Waals surface area contributed by atoms with Gasteiger partial charge in [0.15, 0.2) is 0 Å². The van der Waals surface area contributed by atoms with E-state index in [1.54, 1.807) is 19.2 Å². The van der Waals surface area contributed by atoms with Crippen LogP contribution < -0.4 is 0 Å². The molecule has 0 unspecified atom stereocenters. The van der Waals surface area contributed by atoms with E-state index in [2.05, 4.69) is 11.1 Å². The molecule has 3 rings (SSSR count). The predicted octanol–water partition coefficient (Wildman–Crippen LogP) is 4.15. The van der Waals surface area contributed by atoms with Gasteiger partial charge in [0.2, 0.25) is 0 Å². The van der Waals surface area contributed by atoms with E-state index in [0.29, 0.717) is 5.56 Å². The molecule has 1 radical (unpaired) electrons. The number of fused-ring (bicyclic) bond motifs is 1. The second-order valence-electron chi connectivity index (χ2n) is 4.26. The number of nitrogens with zero attached hydrogens (tertiary/aromatic N) is 1. The van der Waals surface area contributed by atoms with Crippen molar-refractivity contribution in [3.05, 3.63) is 66.1 Å². The third-order valence-electron chi connectivity index (χ3n) is 3.01. The van der Waals surface area contributed by atoms with Gasteiger partial charge >= 0.3 is 0 Å². The van der Waals surface area contributed by atoms with Crippen LogP contribution in [0.15, 0.2) is 48.7 Å². The minimum Gasteiger partial charge on any atom is -0.266 e. The minimum atomic E-state index is -0.230. The molecular formula is C16H11FIrN-. The van der Waals surface area contributed by atoms with Crippen molar-refractivity contribution in [2.45, 2.75) is 6.92 Å². The van der Waals surface area contributed by atoms with Crippen molar-refractivity contribution in [3.8, 4) is 11.1 Å². The Morgan fingerprint density at radius 3 is 2.74 bits per heavy atom. The Morgan fingerprint density at radius 2 is 1.95 bits per heavy atom. The molecule has 0 atom stereocenters. The zero-order valence-electron chi connectivity index (χ0n) is 10.3. The summed E-state index contributed by atoms with van der Waals surface area (Å²) in [6.07, 6.45) is 1.77. The molecule has 0 aliphatic rings. The van der Waals surface area contributed by atoms with Gasteiger partial charge in [0.1, 0.15) is 0 Å². The van der Waals surface area contributed by atoms with Crippen LogP contribution in [-0.4, -0.2) is 4.98 Å². The van der Waals surface area contributed by atoms with Gasteiger partial charge in [-0.25, -0.2) is 0 Å². The Hall–Kier alpha value is -1.57. The van der Waals surface area contributed by atoms with Gasteiger partial charge in [0.05, 0.1) is 0 Å². The molecule has 3 aromatic rings. The quantitative estimate of drug-likeness (QED) is 0.531. The van der Waals surface area contributed by atoms with Crippen LogP contribution in [0.3, 0.4) is 0 Å². The summed E-state index contributed by atoms with van der Waals surface area (Å²) in [4.78, 5) is 4.40. The number of rotatable bonds is 1. The molecule has 0 amide bonds. The molecule has 0 N–H and O–H groups in total. The molecule has 0 bridgehead atoms. The molecule has 1 heterocycles. The van der Waals surface area contributed by atoms with Gasteiger partial charge < -0.3 is 0 Å². The number of pyridine rings is 1. The third kappa shape index (κ3) is 2.58. The van der Waals surface area contributed by atoms with Crippen LogP contribution in [0.1, 0.15) is 5.56 Å². The van der Waals surface area contributed by atoms with Crippen molar-refractivity contribution in [3.63, 3.8) is 0 Å². The fourth-order valence-corrected chi connectivity index (χ4v) is 2.06. The number of halogens is 1. The SMILES string of the molecule is Cc1cc(-c2cccc3cccnc23)[c-]cc1F.[Ir].